The zero-order valence-electron chi connectivity index (χ0n) is 9.07. The standard InChI is InChI=1S/C10H18N2O3/c1-2-15-10(14)8-5-3-4-6-12(8)9(13)7-11/h8H,2-7,11H2,1H3. The molecule has 2 N–H and O–H groups in total. The van der Waals surface area contributed by atoms with E-state index in [2.05, 4.69) is 0 Å². The molecule has 15 heavy (non-hydrogen) atoms. The number of hydrogen-bond acceptors (Lipinski definition) is 4. The van der Waals surface area contributed by atoms with Crippen LogP contribution >= 0.6 is 0 Å². The third-order valence-electron chi connectivity index (χ3n) is 2.56. The Labute approximate surface area is 89.6 Å². The summed E-state index contributed by atoms with van der Waals surface area (Å²) in [4.78, 5) is 24.6. The first-order chi connectivity index (χ1) is 7.20. The van der Waals surface area contributed by atoms with Crippen molar-refractivity contribution in [3.05, 3.63) is 0 Å². The molecule has 1 aliphatic heterocycles. The van der Waals surface area contributed by atoms with E-state index in [9.17, 15) is 9.59 Å². The van der Waals surface area contributed by atoms with Crippen LogP contribution in [0.5, 0.6) is 0 Å². The number of hydrogen-bond donors (Lipinski definition) is 1. The average Bonchev–Trinajstić information content (AvgIpc) is 2.28. The molecule has 5 nitrogen and oxygen atoms in total. The third kappa shape index (κ3) is 2.92. The molecule has 0 aromatic heterocycles. The molecule has 0 aromatic carbocycles. The highest BCUT2D eigenvalue weighted by Gasteiger charge is 2.32. The van der Waals surface area contributed by atoms with Gasteiger partial charge >= 0.3 is 5.97 Å². The van der Waals surface area contributed by atoms with Crippen molar-refractivity contribution in [3.63, 3.8) is 0 Å². The van der Waals surface area contributed by atoms with E-state index in [0.29, 0.717) is 19.6 Å². The first-order valence-corrected chi connectivity index (χ1v) is 5.36. The van der Waals surface area contributed by atoms with Crippen molar-refractivity contribution >= 4 is 11.9 Å². The Bertz CT molecular complexity index is 243. The van der Waals surface area contributed by atoms with Crippen LogP contribution < -0.4 is 5.73 Å². The van der Waals surface area contributed by atoms with Gasteiger partial charge in [0.05, 0.1) is 13.2 Å². The zero-order chi connectivity index (χ0) is 11.3. The lowest BCUT2D eigenvalue weighted by atomic mass is 10.0. The number of carbonyl (C=O) groups excluding carboxylic acids is 2. The summed E-state index contributed by atoms with van der Waals surface area (Å²) in [5, 5.41) is 0. The van der Waals surface area contributed by atoms with Crippen LogP contribution in [0.4, 0.5) is 0 Å². The lowest BCUT2D eigenvalue weighted by molar-refractivity contribution is -0.156. The topological polar surface area (TPSA) is 72.6 Å². The molecule has 0 aliphatic carbocycles. The fourth-order valence-electron chi connectivity index (χ4n) is 1.83. The Hall–Kier alpha value is -1.10. The monoisotopic (exact) mass is 214 g/mol. The van der Waals surface area contributed by atoms with Crippen LogP contribution in [0.1, 0.15) is 26.2 Å². The molecule has 0 radical (unpaired) electrons. The second kappa shape index (κ2) is 5.70. The van der Waals surface area contributed by atoms with E-state index >= 15 is 0 Å². The largest absolute Gasteiger partial charge is 0.464 e. The molecule has 86 valence electrons. The van der Waals surface area contributed by atoms with Gasteiger partial charge in [-0.1, -0.05) is 0 Å². The molecule has 0 bridgehead atoms. The Kier molecular flexibility index (Phi) is 4.55. The van der Waals surface area contributed by atoms with Crippen molar-refractivity contribution in [2.24, 2.45) is 5.73 Å². The fourth-order valence-corrected chi connectivity index (χ4v) is 1.83. The number of ether oxygens (including phenoxy) is 1. The van der Waals surface area contributed by atoms with Crippen molar-refractivity contribution in [2.45, 2.75) is 32.2 Å². The summed E-state index contributed by atoms with van der Waals surface area (Å²) in [6.07, 6.45) is 2.57. The molecule has 1 aliphatic rings. The van der Waals surface area contributed by atoms with Crippen LogP contribution in [0.25, 0.3) is 0 Å². The number of likely N-dealkylation sites (tertiary alicyclic amines) is 1. The summed E-state index contributed by atoms with van der Waals surface area (Å²) in [6.45, 7) is 2.67. The van der Waals surface area contributed by atoms with Crippen LogP contribution in [-0.4, -0.2) is 42.5 Å². The Morgan fingerprint density at radius 3 is 2.80 bits per heavy atom. The normalized spacial score (nSPS) is 21.2. The van der Waals surface area contributed by atoms with E-state index in [-0.39, 0.29) is 18.4 Å². The van der Waals surface area contributed by atoms with Gasteiger partial charge in [-0.25, -0.2) is 4.79 Å². The number of carbonyl (C=O) groups is 2. The maximum absolute atomic E-state index is 11.6. The highest BCUT2D eigenvalue weighted by Crippen LogP contribution is 2.18. The average molecular weight is 214 g/mol. The van der Waals surface area contributed by atoms with Gasteiger partial charge in [-0.2, -0.15) is 0 Å². The second-order valence-corrected chi connectivity index (χ2v) is 3.55. The van der Waals surface area contributed by atoms with Crippen molar-refractivity contribution in [2.75, 3.05) is 19.7 Å². The first-order valence-electron chi connectivity index (χ1n) is 5.36. The summed E-state index contributed by atoms with van der Waals surface area (Å²) in [6, 6.07) is -0.422. The number of esters is 1. The lowest BCUT2D eigenvalue weighted by Gasteiger charge is -2.33. The molecule has 1 heterocycles. The molecule has 1 atom stereocenters. The number of nitrogens with zero attached hydrogens (tertiary/aromatic N) is 1. The van der Waals surface area contributed by atoms with Crippen molar-refractivity contribution in [3.8, 4) is 0 Å². The molecule has 1 saturated heterocycles. The van der Waals surface area contributed by atoms with Gasteiger partial charge in [-0.15, -0.1) is 0 Å². The summed E-state index contributed by atoms with van der Waals surface area (Å²) in [5.41, 5.74) is 5.30. The molecule has 1 rings (SSSR count). The molecular formula is C10H18N2O3. The van der Waals surface area contributed by atoms with Gasteiger partial charge in [-0.05, 0) is 26.2 Å². The molecule has 1 unspecified atom stereocenters. The van der Waals surface area contributed by atoms with Gasteiger partial charge in [0.2, 0.25) is 5.91 Å². The van der Waals surface area contributed by atoms with Crippen molar-refractivity contribution in [1.82, 2.24) is 4.90 Å². The summed E-state index contributed by atoms with van der Waals surface area (Å²) in [5.74, 6) is -0.480. The van der Waals surface area contributed by atoms with E-state index < -0.39 is 6.04 Å². The fraction of sp³-hybridized carbons (Fsp3) is 0.800. The van der Waals surface area contributed by atoms with E-state index in [4.69, 9.17) is 10.5 Å². The first kappa shape index (κ1) is 12.0. The minimum atomic E-state index is -0.422. The minimum Gasteiger partial charge on any atom is -0.464 e. The lowest BCUT2D eigenvalue weighted by Crippen LogP contribution is -2.50. The predicted molar refractivity (Wildman–Crippen MR) is 55.0 cm³/mol. The molecule has 5 heteroatoms. The number of rotatable bonds is 3. The molecule has 0 spiro atoms. The highest BCUT2D eigenvalue weighted by atomic mass is 16.5. The second-order valence-electron chi connectivity index (χ2n) is 3.55. The maximum atomic E-state index is 11.6. The third-order valence-corrected chi connectivity index (χ3v) is 2.56. The minimum absolute atomic E-state index is 0.0457. The maximum Gasteiger partial charge on any atom is 0.328 e. The SMILES string of the molecule is CCOC(=O)C1CCCCN1C(=O)CN. The number of amides is 1. The van der Waals surface area contributed by atoms with Gasteiger partial charge in [0.1, 0.15) is 6.04 Å². The smallest absolute Gasteiger partial charge is 0.328 e. The van der Waals surface area contributed by atoms with Crippen LogP contribution in [-0.2, 0) is 14.3 Å². The van der Waals surface area contributed by atoms with Gasteiger partial charge in [0, 0.05) is 6.54 Å². The number of piperidine rings is 1. The molecule has 1 amide bonds. The Morgan fingerprint density at radius 2 is 2.20 bits per heavy atom. The van der Waals surface area contributed by atoms with E-state index in [1.165, 1.54) is 0 Å². The quantitative estimate of drug-likeness (QED) is 0.665. The molecule has 0 aromatic rings. The van der Waals surface area contributed by atoms with E-state index in [0.717, 1.165) is 12.8 Å². The Balaban J connectivity index is 2.65. The number of nitrogens with two attached hydrogens (primary N) is 1. The van der Waals surface area contributed by atoms with Crippen molar-refractivity contribution < 1.29 is 14.3 Å². The van der Waals surface area contributed by atoms with Crippen LogP contribution in [0.2, 0.25) is 0 Å². The van der Waals surface area contributed by atoms with Crippen LogP contribution in [0, 0.1) is 0 Å². The molecule has 0 saturated carbocycles. The zero-order valence-corrected chi connectivity index (χ0v) is 9.07. The molecule has 1 fully saturated rings. The van der Waals surface area contributed by atoms with Gasteiger partial charge < -0.3 is 15.4 Å². The van der Waals surface area contributed by atoms with Crippen LogP contribution in [0.15, 0.2) is 0 Å². The van der Waals surface area contributed by atoms with Crippen molar-refractivity contribution in [1.29, 1.82) is 0 Å². The van der Waals surface area contributed by atoms with E-state index in [1.807, 2.05) is 0 Å². The van der Waals surface area contributed by atoms with E-state index in [1.54, 1.807) is 11.8 Å². The summed E-state index contributed by atoms with van der Waals surface area (Å²) in [7, 11) is 0. The van der Waals surface area contributed by atoms with Gasteiger partial charge in [-0.3, -0.25) is 4.79 Å². The summed E-state index contributed by atoms with van der Waals surface area (Å²) < 4.78 is 4.93. The summed E-state index contributed by atoms with van der Waals surface area (Å²) >= 11 is 0. The molecular weight excluding hydrogens is 196 g/mol. The van der Waals surface area contributed by atoms with Gasteiger partial charge in [0.15, 0.2) is 0 Å². The Morgan fingerprint density at radius 1 is 1.47 bits per heavy atom. The highest BCUT2D eigenvalue weighted by molar-refractivity contribution is 5.85. The van der Waals surface area contributed by atoms with Crippen LogP contribution in [0.3, 0.4) is 0 Å². The predicted octanol–water partition coefficient (Wildman–Crippen LogP) is -0.111. The van der Waals surface area contributed by atoms with Gasteiger partial charge in [0.25, 0.3) is 0 Å².